The summed E-state index contributed by atoms with van der Waals surface area (Å²) in [6.07, 6.45) is 6.00. The van der Waals surface area contributed by atoms with Gasteiger partial charge in [0, 0.05) is 31.0 Å². The van der Waals surface area contributed by atoms with Crippen molar-refractivity contribution in [3.05, 3.63) is 48.0 Å². The van der Waals surface area contributed by atoms with Gasteiger partial charge in [0.2, 0.25) is 11.8 Å². The molecule has 0 radical (unpaired) electrons. The number of piperidine rings is 1. The smallest absolute Gasteiger partial charge is 0.307 e. The zero-order valence-electron chi connectivity index (χ0n) is 19.5. The summed E-state index contributed by atoms with van der Waals surface area (Å²) >= 11 is 0. The summed E-state index contributed by atoms with van der Waals surface area (Å²) in [5.41, 5.74) is 0.767. The summed E-state index contributed by atoms with van der Waals surface area (Å²) in [4.78, 5) is 39.3. The summed E-state index contributed by atoms with van der Waals surface area (Å²) < 4.78 is 5.11. The van der Waals surface area contributed by atoms with E-state index in [2.05, 4.69) is 35.6 Å². The van der Waals surface area contributed by atoms with Gasteiger partial charge < -0.3 is 15.0 Å². The van der Waals surface area contributed by atoms with Gasteiger partial charge in [0.1, 0.15) is 0 Å². The van der Waals surface area contributed by atoms with Gasteiger partial charge in [-0.15, -0.1) is 0 Å². The van der Waals surface area contributed by atoms with Gasteiger partial charge >= 0.3 is 5.97 Å². The Bertz CT molecular complexity index is 1020. The first-order valence-electron chi connectivity index (χ1n) is 12.2. The Morgan fingerprint density at radius 3 is 2.73 bits per heavy atom. The van der Waals surface area contributed by atoms with Crippen molar-refractivity contribution < 1.29 is 19.1 Å². The fourth-order valence-corrected chi connectivity index (χ4v) is 5.36. The number of hydrogen-bond acceptors (Lipinski definition) is 4. The molecule has 1 N–H and O–H groups in total. The predicted molar refractivity (Wildman–Crippen MR) is 128 cm³/mol. The second-order valence-electron chi connectivity index (χ2n) is 9.43. The maximum atomic E-state index is 13.2. The molecule has 0 unspecified atom stereocenters. The van der Waals surface area contributed by atoms with Crippen LogP contribution in [0.3, 0.4) is 0 Å². The highest BCUT2D eigenvalue weighted by atomic mass is 16.5. The third-order valence-electron chi connectivity index (χ3n) is 7.06. The highest BCUT2D eigenvalue weighted by molar-refractivity contribution is 5.83. The zero-order valence-corrected chi connectivity index (χ0v) is 19.5. The molecule has 2 amide bonds. The van der Waals surface area contributed by atoms with Crippen molar-refractivity contribution in [3.63, 3.8) is 0 Å². The molecule has 2 aliphatic heterocycles. The van der Waals surface area contributed by atoms with Crippen LogP contribution < -0.4 is 5.32 Å². The molecule has 33 heavy (non-hydrogen) atoms. The van der Waals surface area contributed by atoms with Gasteiger partial charge in [0.25, 0.3) is 0 Å². The summed E-state index contributed by atoms with van der Waals surface area (Å²) in [6.45, 7) is 2.84. The van der Waals surface area contributed by atoms with E-state index in [1.54, 1.807) is 6.92 Å². The maximum Gasteiger partial charge on any atom is 0.307 e. The number of benzene rings is 2. The van der Waals surface area contributed by atoms with Crippen LogP contribution in [0.25, 0.3) is 10.8 Å². The summed E-state index contributed by atoms with van der Waals surface area (Å²) in [5, 5.41) is 5.57. The Labute approximate surface area is 195 Å². The number of fused-ring (bicyclic) bond motifs is 1. The molecule has 4 rings (SSSR count). The molecule has 2 heterocycles. The van der Waals surface area contributed by atoms with Gasteiger partial charge in [-0.2, -0.15) is 0 Å². The van der Waals surface area contributed by atoms with Crippen LogP contribution in [0.5, 0.6) is 0 Å². The van der Waals surface area contributed by atoms with Crippen LogP contribution in [0.4, 0.5) is 0 Å². The minimum Gasteiger partial charge on any atom is -0.466 e. The Balaban J connectivity index is 1.44. The second-order valence-corrected chi connectivity index (χ2v) is 9.43. The minimum atomic E-state index is -0.401. The maximum absolute atomic E-state index is 13.2. The Morgan fingerprint density at radius 1 is 1.15 bits per heavy atom. The normalized spacial score (nSPS) is 22.9. The van der Waals surface area contributed by atoms with E-state index in [1.807, 2.05) is 17.0 Å². The second kappa shape index (κ2) is 10.4. The molecule has 0 bridgehead atoms. The molecule has 2 aromatic rings. The molecule has 0 saturated carbocycles. The van der Waals surface area contributed by atoms with Gasteiger partial charge in [0.15, 0.2) is 0 Å². The van der Waals surface area contributed by atoms with Gasteiger partial charge in [-0.1, -0.05) is 42.5 Å². The summed E-state index contributed by atoms with van der Waals surface area (Å²) in [5.74, 6) is -0.109. The molecular formula is C27H34N2O4. The molecular weight excluding hydrogens is 416 g/mol. The van der Waals surface area contributed by atoms with Crippen molar-refractivity contribution in [2.24, 2.45) is 0 Å². The monoisotopic (exact) mass is 450 g/mol. The molecule has 2 aliphatic rings. The van der Waals surface area contributed by atoms with Crippen LogP contribution in [-0.4, -0.2) is 47.4 Å². The lowest BCUT2D eigenvalue weighted by atomic mass is 9.84. The third-order valence-corrected chi connectivity index (χ3v) is 7.06. The highest BCUT2D eigenvalue weighted by Crippen LogP contribution is 2.32. The van der Waals surface area contributed by atoms with E-state index in [1.165, 1.54) is 16.3 Å². The number of likely N-dealkylation sites (tertiary alicyclic amines) is 1. The zero-order chi connectivity index (χ0) is 23.3. The quantitative estimate of drug-likeness (QED) is 0.613. The van der Waals surface area contributed by atoms with Crippen molar-refractivity contribution >= 4 is 28.6 Å². The molecule has 0 spiro atoms. The molecule has 6 heteroatoms. The Kier molecular flexibility index (Phi) is 7.31. The number of nitrogens with zero attached hydrogens (tertiary/aromatic N) is 1. The van der Waals surface area contributed by atoms with E-state index < -0.39 is 5.54 Å². The fourth-order valence-electron chi connectivity index (χ4n) is 5.36. The number of nitrogens with one attached hydrogen (secondary N) is 1. The number of carbonyl (C=O) groups excluding carboxylic acids is 3. The molecule has 2 aromatic carbocycles. The van der Waals surface area contributed by atoms with Gasteiger partial charge in [-0.3, -0.25) is 14.4 Å². The first-order valence-corrected chi connectivity index (χ1v) is 12.2. The first-order chi connectivity index (χ1) is 16.0. The Morgan fingerprint density at radius 2 is 1.97 bits per heavy atom. The third kappa shape index (κ3) is 5.73. The minimum absolute atomic E-state index is 0.0569. The summed E-state index contributed by atoms with van der Waals surface area (Å²) in [6, 6.07) is 14.6. The average Bonchev–Trinajstić information content (AvgIpc) is 3.18. The molecule has 2 fully saturated rings. The molecule has 2 atom stereocenters. The van der Waals surface area contributed by atoms with E-state index >= 15 is 0 Å². The van der Waals surface area contributed by atoms with Crippen molar-refractivity contribution in [1.29, 1.82) is 0 Å². The predicted octanol–water partition coefficient (Wildman–Crippen LogP) is 4.15. The van der Waals surface area contributed by atoms with Crippen LogP contribution in [0, 0.1) is 0 Å². The van der Waals surface area contributed by atoms with Crippen molar-refractivity contribution in [1.82, 2.24) is 10.2 Å². The van der Waals surface area contributed by atoms with Crippen molar-refractivity contribution in [2.75, 3.05) is 13.2 Å². The number of esters is 1. The molecule has 0 aromatic heterocycles. The number of hydrogen-bond donors (Lipinski definition) is 1. The van der Waals surface area contributed by atoms with Crippen molar-refractivity contribution in [2.45, 2.75) is 76.3 Å². The topological polar surface area (TPSA) is 75.7 Å². The number of carbonyl (C=O) groups is 3. The lowest BCUT2D eigenvalue weighted by Crippen LogP contribution is -2.47. The van der Waals surface area contributed by atoms with Crippen LogP contribution in [-0.2, 0) is 25.5 Å². The van der Waals surface area contributed by atoms with Crippen LogP contribution in [0.1, 0.15) is 63.9 Å². The standard InChI is InChI=1S/C27H34N2O4/c1-2-33-26(32)18-23-9-5-6-16-29(23)25(31)13-15-27(14-12-24(30)28-27)19-20-10-11-21-7-3-4-8-22(21)17-20/h3-4,7-8,10-11,17,23H,2,5-6,9,12-16,18-19H2,1H3,(H,28,30)/t23-,27-/m1/s1. The molecule has 176 valence electrons. The average molecular weight is 451 g/mol. The van der Waals surface area contributed by atoms with Crippen LogP contribution in [0.2, 0.25) is 0 Å². The lowest BCUT2D eigenvalue weighted by molar-refractivity contribution is -0.146. The van der Waals surface area contributed by atoms with Gasteiger partial charge in [-0.05, 0) is 61.8 Å². The molecule has 0 aliphatic carbocycles. The molecule has 6 nitrogen and oxygen atoms in total. The SMILES string of the molecule is CCOC(=O)C[C@H]1CCCCN1C(=O)CC[C@@]1(Cc2ccc3ccccc3c2)CCC(=O)N1. The van der Waals surface area contributed by atoms with E-state index in [0.717, 1.165) is 25.7 Å². The van der Waals surface area contributed by atoms with Gasteiger partial charge in [0.05, 0.1) is 13.0 Å². The van der Waals surface area contributed by atoms with Crippen molar-refractivity contribution in [3.8, 4) is 0 Å². The Hall–Kier alpha value is -2.89. The lowest BCUT2D eigenvalue weighted by Gasteiger charge is -2.36. The summed E-state index contributed by atoms with van der Waals surface area (Å²) in [7, 11) is 0. The number of ether oxygens (including phenoxy) is 1. The van der Waals surface area contributed by atoms with E-state index in [9.17, 15) is 14.4 Å². The highest BCUT2D eigenvalue weighted by Gasteiger charge is 2.39. The van der Waals surface area contributed by atoms with Gasteiger partial charge in [-0.25, -0.2) is 0 Å². The fraction of sp³-hybridized carbons (Fsp3) is 0.519. The molecule has 2 saturated heterocycles. The number of rotatable bonds is 8. The van der Waals surface area contributed by atoms with E-state index in [4.69, 9.17) is 4.74 Å². The van der Waals surface area contributed by atoms with Crippen LogP contribution in [0.15, 0.2) is 42.5 Å². The van der Waals surface area contributed by atoms with E-state index in [0.29, 0.717) is 38.8 Å². The van der Waals surface area contributed by atoms with Crippen LogP contribution >= 0.6 is 0 Å². The number of amides is 2. The largest absolute Gasteiger partial charge is 0.466 e. The van der Waals surface area contributed by atoms with E-state index in [-0.39, 0.29) is 30.2 Å². The first kappa shape index (κ1) is 23.3.